The Labute approximate surface area is 121 Å². The highest BCUT2D eigenvalue weighted by Crippen LogP contribution is 2.11. The number of hydrogen-bond acceptors (Lipinski definition) is 4. The summed E-state index contributed by atoms with van der Waals surface area (Å²) in [6.45, 7) is 1.53. The number of rotatable bonds is 8. The van der Waals surface area contributed by atoms with E-state index < -0.39 is 24.0 Å². The molecule has 0 saturated heterocycles. The minimum absolute atomic E-state index is 0.0672. The average molecular weight is 299 g/mol. The molecule has 0 aliphatic carbocycles. The molecular weight excluding hydrogens is 281 g/mol. The number of carbonyl (C=O) groups is 2. The van der Waals surface area contributed by atoms with E-state index in [9.17, 15) is 19.1 Å². The topological polar surface area (TPSA) is 95.9 Å². The highest BCUT2D eigenvalue weighted by Gasteiger charge is 2.24. The number of nitrogens with one attached hydrogen (secondary N) is 1. The van der Waals surface area contributed by atoms with E-state index in [0.717, 1.165) is 0 Å². The highest BCUT2D eigenvalue weighted by molar-refractivity contribution is 5.83. The minimum Gasteiger partial charge on any atom is -0.494 e. The van der Waals surface area contributed by atoms with Crippen LogP contribution in [0.4, 0.5) is 4.39 Å². The predicted octanol–water partition coefficient (Wildman–Crippen LogP) is 0.935. The van der Waals surface area contributed by atoms with E-state index in [1.165, 1.54) is 31.2 Å². The molecule has 0 radical (unpaired) electrons. The third-order valence-electron chi connectivity index (χ3n) is 2.70. The SMILES string of the molecule is C[C@@H](O)[C@H](NC(=O)CCCOc1ccc(F)cc1)C(=O)O. The Morgan fingerprint density at radius 2 is 1.95 bits per heavy atom. The van der Waals surface area contributed by atoms with Crippen LogP contribution in [0.1, 0.15) is 19.8 Å². The molecule has 1 aromatic rings. The Morgan fingerprint density at radius 1 is 1.33 bits per heavy atom. The first kappa shape index (κ1) is 16.9. The molecule has 116 valence electrons. The van der Waals surface area contributed by atoms with Crippen molar-refractivity contribution in [3.63, 3.8) is 0 Å². The van der Waals surface area contributed by atoms with Gasteiger partial charge in [-0.05, 0) is 37.6 Å². The lowest BCUT2D eigenvalue weighted by Gasteiger charge is -2.16. The van der Waals surface area contributed by atoms with Gasteiger partial charge in [-0.15, -0.1) is 0 Å². The standard InChI is InChI=1S/C14H18FNO5/c1-9(17)13(14(19)20)16-12(18)3-2-8-21-11-6-4-10(15)5-7-11/h4-7,9,13,17H,2-3,8H2,1H3,(H,16,18)(H,19,20)/t9-,13+/m1/s1. The summed E-state index contributed by atoms with van der Waals surface area (Å²) in [6, 6.07) is 4.16. The number of hydrogen-bond donors (Lipinski definition) is 3. The number of benzene rings is 1. The van der Waals surface area contributed by atoms with Crippen molar-refractivity contribution in [2.24, 2.45) is 0 Å². The molecule has 0 saturated carbocycles. The van der Waals surface area contributed by atoms with Crippen molar-refractivity contribution >= 4 is 11.9 Å². The first-order valence-corrected chi connectivity index (χ1v) is 6.48. The fraction of sp³-hybridized carbons (Fsp3) is 0.429. The maximum Gasteiger partial charge on any atom is 0.328 e. The summed E-state index contributed by atoms with van der Waals surface area (Å²) in [5, 5.41) is 20.3. The quantitative estimate of drug-likeness (QED) is 0.621. The van der Waals surface area contributed by atoms with Crippen molar-refractivity contribution in [2.45, 2.75) is 31.9 Å². The molecule has 0 fully saturated rings. The maximum absolute atomic E-state index is 12.7. The lowest BCUT2D eigenvalue weighted by Crippen LogP contribution is -2.47. The van der Waals surface area contributed by atoms with Crippen LogP contribution in [-0.4, -0.2) is 40.8 Å². The molecule has 0 spiro atoms. The Morgan fingerprint density at radius 3 is 2.48 bits per heavy atom. The third-order valence-corrected chi connectivity index (χ3v) is 2.70. The fourth-order valence-electron chi connectivity index (χ4n) is 1.59. The Kier molecular flexibility index (Phi) is 6.61. The molecule has 0 aliphatic heterocycles. The zero-order valence-electron chi connectivity index (χ0n) is 11.6. The van der Waals surface area contributed by atoms with Crippen molar-refractivity contribution in [1.29, 1.82) is 0 Å². The summed E-state index contributed by atoms with van der Waals surface area (Å²) in [5.41, 5.74) is 0. The van der Waals surface area contributed by atoms with Gasteiger partial charge in [0.05, 0.1) is 12.7 Å². The number of aliphatic carboxylic acids is 1. The first-order chi connectivity index (χ1) is 9.90. The van der Waals surface area contributed by atoms with Crippen molar-refractivity contribution < 1.29 is 28.9 Å². The number of halogens is 1. The van der Waals surface area contributed by atoms with Crippen molar-refractivity contribution in [1.82, 2.24) is 5.32 Å². The zero-order valence-corrected chi connectivity index (χ0v) is 11.6. The van der Waals surface area contributed by atoms with Gasteiger partial charge in [-0.1, -0.05) is 0 Å². The first-order valence-electron chi connectivity index (χ1n) is 6.48. The largest absolute Gasteiger partial charge is 0.494 e. The average Bonchev–Trinajstić information content (AvgIpc) is 2.42. The van der Waals surface area contributed by atoms with Crippen LogP contribution in [0.25, 0.3) is 0 Å². The molecule has 0 unspecified atom stereocenters. The molecule has 3 N–H and O–H groups in total. The zero-order chi connectivity index (χ0) is 15.8. The highest BCUT2D eigenvalue weighted by atomic mass is 19.1. The molecule has 0 aliphatic rings. The van der Waals surface area contributed by atoms with Gasteiger partial charge >= 0.3 is 5.97 Å². The van der Waals surface area contributed by atoms with Crippen LogP contribution in [0, 0.1) is 5.82 Å². The second-order valence-corrected chi connectivity index (χ2v) is 4.53. The summed E-state index contributed by atoms with van der Waals surface area (Å²) in [5.74, 6) is -1.64. The number of carboxylic acids is 1. The number of carboxylic acid groups (broad SMARTS) is 1. The molecule has 7 heteroatoms. The molecule has 21 heavy (non-hydrogen) atoms. The van der Waals surface area contributed by atoms with Gasteiger partial charge in [-0.3, -0.25) is 4.79 Å². The van der Waals surface area contributed by atoms with E-state index in [1.54, 1.807) is 0 Å². The van der Waals surface area contributed by atoms with Crippen LogP contribution < -0.4 is 10.1 Å². The molecule has 2 atom stereocenters. The van der Waals surface area contributed by atoms with Gasteiger partial charge in [0, 0.05) is 6.42 Å². The molecule has 0 aromatic heterocycles. The molecule has 1 rings (SSSR count). The van der Waals surface area contributed by atoms with E-state index in [2.05, 4.69) is 5.32 Å². The summed E-state index contributed by atoms with van der Waals surface area (Å²) in [7, 11) is 0. The molecule has 1 aromatic carbocycles. The van der Waals surface area contributed by atoms with Crippen LogP contribution in [0.15, 0.2) is 24.3 Å². The van der Waals surface area contributed by atoms with Crippen LogP contribution in [0.2, 0.25) is 0 Å². The van der Waals surface area contributed by atoms with Gasteiger partial charge in [0.25, 0.3) is 0 Å². The molecule has 0 heterocycles. The van der Waals surface area contributed by atoms with Gasteiger partial charge in [0.2, 0.25) is 5.91 Å². The third kappa shape index (κ3) is 6.22. The number of amides is 1. The van der Waals surface area contributed by atoms with Gasteiger partial charge in [-0.25, -0.2) is 9.18 Å². The molecule has 0 bridgehead atoms. The van der Waals surface area contributed by atoms with E-state index in [0.29, 0.717) is 12.2 Å². The summed E-state index contributed by atoms with van der Waals surface area (Å²) >= 11 is 0. The van der Waals surface area contributed by atoms with Gasteiger partial charge < -0.3 is 20.3 Å². The Hall–Kier alpha value is -2.15. The minimum atomic E-state index is -1.32. The molecular formula is C14H18FNO5. The van der Waals surface area contributed by atoms with E-state index in [-0.39, 0.29) is 18.8 Å². The van der Waals surface area contributed by atoms with Crippen LogP contribution >= 0.6 is 0 Å². The smallest absolute Gasteiger partial charge is 0.328 e. The molecule has 1 amide bonds. The molecule has 6 nitrogen and oxygen atoms in total. The van der Waals surface area contributed by atoms with E-state index in [4.69, 9.17) is 9.84 Å². The summed E-state index contributed by atoms with van der Waals surface area (Å²) < 4.78 is 18.0. The van der Waals surface area contributed by atoms with E-state index in [1.807, 2.05) is 0 Å². The second kappa shape index (κ2) is 8.21. The van der Waals surface area contributed by atoms with Crippen LogP contribution in [-0.2, 0) is 9.59 Å². The van der Waals surface area contributed by atoms with Crippen molar-refractivity contribution in [3.8, 4) is 5.75 Å². The summed E-state index contributed by atoms with van der Waals surface area (Å²) in [6.07, 6.45) is -0.741. The number of ether oxygens (including phenoxy) is 1. The summed E-state index contributed by atoms with van der Waals surface area (Å²) in [4.78, 5) is 22.3. The fourth-order valence-corrected chi connectivity index (χ4v) is 1.59. The van der Waals surface area contributed by atoms with Crippen LogP contribution in [0.3, 0.4) is 0 Å². The van der Waals surface area contributed by atoms with E-state index >= 15 is 0 Å². The number of aliphatic hydroxyl groups excluding tert-OH is 1. The lowest BCUT2D eigenvalue weighted by atomic mass is 10.1. The van der Waals surface area contributed by atoms with Gasteiger partial charge in [0.15, 0.2) is 6.04 Å². The van der Waals surface area contributed by atoms with Gasteiger partial charge in [0.1, 0.15) is 11.6 Å². The predicted molar refractivity (Wildman–Crippen MR) is 72.4 cm³/mol. The number of carbonyl (C=O) groups excluding carboxylic acids is 1. The lowest BCUT2D eigenvalue weighted by molar-refractivity contribution is -0.144. The second-order valence-electron chi connectivity index (χ2n) is 4.53. The maximum atomic E-state index is 12.7. The Bertz CT molecular complexity index is 475. The van der Waals surface area contributed by atoms with Crippen molar-refractivity contribution in [3.05, 3.63) is 30.1 Å². The van der Waals surface area contributed by atoms with Crippen molar-refractivity contribution in [2.75, 3.05) is 6.61 Å². The number of aliphatic hydroxyl groups is 1. The normalized spacial score (nSPS) is 13.3. The monoisotopic (exact) mass is 299 g/mol. The Balaban J connectivity index is 2.27. The van der Waals surface area contributed by atoms with Gasteiger partial charge in [-0.2, -0.15) is 0 Å². The van der Waals surface area contributed by atoms with Crippen LogP contribution in [0.5, 0.6) is 5.75 Å².